The van der Waals surface area contributed by atoms with Crippen molar-refractivity contribution in [3.63, 3.8) is 0 Å². The van der Waals surface area contributed by atoms with Crippen molar-refractivity contribution in [2.24, 2.45) is 0 Å². The molecule has 0 fully saturated rings. The van der Waals surface area contributed by atoms with Crippen LogP contribution in [0.2, 0.25) is 0 Å². The maximum atomic E-state index is 11.8. The molecule has 0 rings (SSSR count). The van der Waals surface area contributed by atoms with Crippen molar-refractivity contribution < 1.29 is 13.7 Å². The molecule has 0 aromatic rings. The molecule has 0 aromatic carbocycles. The van der Waals surface area contributed by atoms with Crippen LogP contribution in [0.25, 0.3) is 0 Å². The number of hydrogen-bond acceptors (Lipinski definition) is 2. The Bertz CT molecular complexity index is 285. The van der Waals surface area contributed by atoms with E-state index < -0.39 is 6.87 Å². The fourth-order valence-corrected chi connectivity index (χ4v) is 4.80. The highest BCUT2D eigenvalue weighted by Crippen LogP contribution is 2.60. The largest absolute Gasteiger partial charge is 0.476 e. The summed E-state index contributed by atoms with van der Waals surface area (Å²) >= 11 is 5.66. The molecule has 88 valence electrons. The topological polar surface area (TPSA) is 61.1 Å². The second-order valence-electron chi connectivity index (χ2n) is 4.18. The molecule has 4 nitrogen and oxygen atoms in total. The zero-order valence-corrected chi connectivity index (χ0v) is 11.3. The van der Waals surface area contributed by atoms with Crippen molar-refractivity contribution in [2.75, 3.05) is 6.54 Å². The van der Waals surface area contributed by atoms with Gasteiger partial charge in [0.05, 0.1) is 31.1 Å². The van der Waals surface area contributed by atoms with Crippen molar-refractivity contribution in [3.05, 3.63) is 0 Å². The molecule has 0 aliphatic carbocycles. The van der Waals surface area contributed by atoms with E-state index in [0.29, 0.717) is 6.54 Å². The zero-order valence-electron chi connectivity index (χ0n) is 9.64. The standard InChI is InChI=1S/C9H18ClN2O2P/c1-8(2)12(9(3)4,7-5-6-11)15(10,13)14/h8-9H,5,7H2,1-4H3/p+1. The molecular weight excluding hydrogens is 235 g/mol. The molecule has 0 saturated carbocycles. The van der Waals surface area contributed by atoms with E-state index in [9.17, 15) is 9.46 Å². The van der Waals surface area contributed by atoms with Gasteiger partial charge in [-0.25, -0.2) is 8.82 Å². The van der Waals surface area contributed by atoms with E-state index >= 15 is 0 Å². The Hall–Kier alpha value is -0.0700. The Kier molecular flexibility index (Phi) is 5.29. The summed E-state index contributed by atoms with van der Waals surface area (Å²) in [6.07, 6.45) is 0.230. The Morgan fingerprint density at radius 1 is 1.40 bits per heavy atom. The average Bonchev–Trinajstić information content (AvgIpc) is 2.01. The molecule has 0 aliphatic rings. The molecule has 0 spiro atoms. The Morgan fingerprint density at radius 2 is 1.80 bits per heavy atom. The first-order valence-corrected chi connectivity index (χ1v) is 7.49. The summed E-state index contributed by atoms with van der Waals surface area (Å²) < 4.78 is 11.7. The fraction of sp³-hybridized carbons (Fsp3) is 0.889. The van der Waals surface area contributed by atoms with Crippen molar-refractivity contribution in [1.29, 1.82) is 5.26 Å². The van der Waals surface area contributed by atoms with Crippen LogP contribution in [0.1, 0.15) is 34.1 Å². The first-order valence-electron chi connectivity index (χ1n) is 4.97. The Morgan fingerprint density at radius 3 is 2.00 bits per heavy atom. The number of quaternary nitrogens is 1. The molecule has 0 aliphatic heterocycles. The molecular formula is C9H19ClN2O2P+. The van der Waals surface area contributed by atoms with Crippen molar-refractivity contribution >= 4 is 18.1 Å². The van der Waals surface area contributed by atoms with Crippen LogP contribution in [0.3, 0.4) is 0 Å². The monoisotopic (exact) mass is 253 g/mol. The third-order valence-corrected chi connectivity index (χ3v) is 5.72. The minimum atomic E-state index is -3.79. The molecule has 15 heavy (non-hydrogen) atoms. The molecule has 0 aromatic heterocycles. The lowest BCUT2D eigenvalue weighted by Gasteiger charge is -2.44. The average molecular weight is 254 g/mol. The van der Waals surface area contributed by atoms with Gasteiger partial charge in [-0.05, 0) is 27.7 Å². The van der Waals surface area contributed by atoms with Crippen LogP contribution in [-0.4, -0.2) is 27.8 Å². The molecule has 0 heterocycles. The lowest BCUT2D eigenvalue weighted by Crippen LogP contribution is -2.54. The summed E-state index contributed by atoms with van der Waals surface area (Å²) in [6.45, 7) is 3.92. The Balaban J connectivity index is 5.31. The summed E-state index contributed by atoms with van der Waals surface area (Å²) in [5, 5.41) is 8.58. The molecule has 1 unspecified atom stereocenters. The van der Waals surface area contributed by atoms with Gasteiger partial charge in [0.15, 0.2) is 0 Å². The van der Waals surface area contributed by atoms with E-state index in [1.165, 1.54) is 0 Å². The van der Waals surface area contributed by atoms with Crippen LogP contribution in [0.4, 0.5) is 0 Å². The summed E-state index contributed by atoms with van der Waals surface area (Å²) in [7, 11) is 0. The number of halogens is 1. The molecule has 0 bridgehead atoms. The van der Waals surface area contributed by atoms with Gasteiger partial charge in [0, 0.05) is 11.2 Å². The highest BCUT2D eigenvalue weighted by molar-refractivity contribution is 7.79. The molecule has 0 radical (unpaired) electrons. The summed E-state index contributed by atoms with van der Waals surface area (Å²) in [5.74, 6) is 0. The van der Waals surface area contributed by atoms with E-state index in [1.807, 2.05) is 33.8 Å². The number of nitrogens with zero attached hydrogens (tertiary/aromatic N) is 2. The van der Waals surface area contributed by atoms with Crippen molar-refractivity contribution in [2.45, 2.75) is 46.2 Å². The third-order valence-electron chi connectivity index (χ3n) is 2.83. The van der Waals surface area contributed by atoms with E-state index in [-0.39, 0.29) is 22.8 Å². The van der Waals surface area contributed by atoms with Crippen LogP contribution in [0, 0.1) is 11.3 Å². The van der Waals surface area contributed by atoms with E-state index in [1.54, 1.807) is 0 Å². The number of rotatable bonds is 5. The molecule has 0 saturated heterocycles. The minimum Gasteiger partial charge on any atom is -0.289 e. The summed E-state index contributed by atoms with van der Waals surface area (Å²) in [6, 6.07) is 1.82. The highest BCUT2D eigenvalue weighted by atomic mass is 35.7. The van der Waals surface area contributed by atoms with Gasteiger partial charge in [-0.1, -0.05) is 0 Å². The first-order chi connectivity index (χ1) is 6.70. The third kappa shape index (κ3) is 2.95. The van der Waals surface area contributed by atoms with Gasteiger partial charge in [-0.15, -0.1) is 0 Å². The fourth-order valence-electron chi connectivity index (χ4n) is 2.03. The molecule has 1 atom stereocenters. The predicted molar refractivity (Wildman–Crippen MR) is 61.3 cm³/mol. The lowest BCUT2D eigenvalue weighted by atomic mass is 10.2. The van der Waals surface area contributed by atoms with Crippen LogP contribution in [0.5, 0.6) is 0 Å². The van der Waals surface area contributed by atoms with Gasteiger partial charge < -0.3 is 0 Å². The van der Waals surface area contributed by atoms with E-state index in [0.717, 1.165) is 0 Å². The maximum absolute atomic E-state index is 11.8. The second kappa shape index (κ2) is 5.32. The van der Waals surface area contributed by atoms with Gasteiger partial charge >= 0.3 is 6.87 Å². The predicted octanol–water partition coefficient (Wildman–Crippen LogP) is 2.87. The quantitative estimate of drug-likeness (QED) is 0.767. The Labute approximate surface area is 96.3 Å². The van der Waals surface area contributed by atoms with E-state index in [2.05, 4.69) is 0 Å². The smallest absolute Gasteiger partial charge is 0.289 e. The van der Waals surface area contributed by atoms with Gasteiger partial charge in [0.25, 0.3) is 0 Å². The molecule has 1 N–H and O–H groups in total. The van der Waals surface area contributed by atoms with Crippen LogP contribution >= 0.6 is 18.1 Å². The normalized spacial score (nSPS) is 16.5. The molecule has 0 amide bonds. The molecule has 6 heteroatoms. The number of hydrogen-bond donors (Lipinski definition) is 1. The van der Waals surface area contributed by atoms with E-state index in [4.69, 9.17) is 16.5 Å². The zero-order chi connectivity index (χ0) is 12.3. The summed E-state index contributed by atoms with van der Waals surface area (Å²) in [5.41, 5.74) is 0. The maximum Gasteiger partial charge on any atom is 0.476 e. The summed E-state index contributed by atoms with van der Waals surface area (Å²) in [4.78, 5) is 9.68. The lowest BCUT2D eigenvalue weighted by molar-refractivity contribution is -0.859. The highest BCUT2D eigenvalue weighted by Gasteiger charge is 2.49. The van der Waals surface area contributed by atoms with Crippen LogP contribution in [-0.2, 0) is 4.57 Å². The number of nitriles is 1. The van der Waals surface area contributed by atoms with Gasteiger partial charge in [-0.3, -0.25) is 4.89 Å². The van der Waals surface area contributed by atoms with Crippen LogP contribution in [0.15, 0.2) is 0 Å². The van der Waals surface area contributed by atoms with Gasteiger partial charge in [0.1, 0.15) is 0 Å². The van der Waals surface area contributed by atoms with Gasteiger partial charge in [-0.2, -0.15) is 5.26 Å². The minimum absolute atomic E-state index is 0.0910. The van der Waals surface area contributed by atoms with Gasteiger partial charge in [0.2, 0.25) is 0 Å². The first kappa shape index (κ1) is 14.9. The second-order valence-corrected chi connectivity index (χ2v) is 7.19. The van der Waals surface area contributed by atoms with Crippen molar-refractivity contribution in [3.8, 4) is 6.07 Å². The SMILES string of the molecule is CC(C)[N+](CCC#N)(C(C)C)P(=O)(O)Cl. The van der Waals surface area contributed by atoms with Crippen LogP contribution < -0.4 is 0 Å². The van der Waals surface area contributed by atoms with Crippen molar-refractivity contribution in [1.82, 2.24) is 0 Å².